The highest BCUT2D eigenvalue weighted by atomic mass is 16.6. The lowest BCUT2D eigenvalue weighted by molar-refractivity contribution is -0.150. The topological polar surface area (TPSA) is 173 Å². The van der Waals surface area contributed by atoms with Crippen LogP contribution in [0.15, 0.2) is 61.2 Å². The molecule has 1 atom stereocenters. The zero-order valence-corrected chi connectivity index (χ0v) is 36.3. The van der Waals surface area contributed by atoms with E-state index >= 15 is 0 Å². The SMILES string of the molecule is CCC(C)(C)C(=O)C(=O)NCCCCCC(=O)O[C@H](CCc1ccc(OC)c(OC)c1)c1cccc(OCCNC(=O)C(C)(C)C(C)(C)CCOC(=O)n2ccnc2)c1. The Balaban J connectivity index is 1.57. The molecule has 0 aliphatic heterocycles. The zero-order valence-electron chi connectivity index (χ0n) is 36.3. The number of amides is 2. The molecule has 0 unspecified atom stereocenters. The van der Waals surface area contributed by atoms with Crippen molar-refractivity contribution in [3.63, 3.8) is 0 Å². The summed E-state index contributed by atoms with van der Waals surface area (Å²) in [5.41, 5.74) is -0.250. The fraction of sp³-hybridized carbons (Fsp3) is 0.556. The van der Waals surface area contributed by atoms with Crippen LogP contribution in [0.1, 0.15) is 111 Å². The number of unbranched alkanes of at least 4 members (excludes halogenated alkanes) is 2. The maximum Gasteiger partial charge on any atom is 0.419 e. The summed E-state index contributed by atoms with van der Waals surface area (Å²) in [5.74, 6) is 0.286. The average molecular weight is 821 g/mol. The minimum absolute atomic E-state index is 0.147. The number of imidazole rings is 1. The van der Waals surface area contributed by atoms with Gasteiger partial charge in [-0.15, -0.1) is 0 Å². The number of esters is 1. The maximum atomic E-state index is 13.4. The number of aromatic nitrogens is 2. The molecule has 14 nitrogen and oxygen atoms in total. The minimum atomic E-state index is -0.790. The fourth-order valence-electron chi connectivity index (χ4n) is 5.98. The lowest BCUT2D eigenvalue weighted by Gasteiger charge is -2.40. The van der Waals surface area contributed by atoms with E-state index in [0.717, 1.165) is 11.1 Å². The van der Waals surface area contributed by atoms with Crippen molar-refractivity contribution in [2.75, 3.05) is 40.5 Å². The lowest BCUT2D eigenvalue weighted by Crippen LogP contribution is -2.47. The number of benzene rings is 2. The molecule has 1 heterocycles. The van der Waals surface area contributed by atoms with E-state index in [1.165, 1.54) is 23.3 Å². The number of Topliss-reactive ketones (excluding diaryl/α,β-unsaturated/α-hetero) is 1. The third-order valence-corrected chi connectivity index (χ3v) is 11.3. The summed E-state index contributed by atoms with van der Waals surface area (Å²) >= 11 is 0. The second kappa shape index (κ2) is 22.7. The summed E-state index contributed by atoms with van der Waals surface area (Å²) in [7, 11) is 3.16. The molecule has 2 amide bonds. The monoisotopic (exact) mass is 820 g/mol. The van der Waals surface area contributed by atoms with Gasteiger partial charge in [0.1, 0.15) is 24.8 Å². The van der Waals surface area contributed by atoms with Gasteiger partial charge in [0.2, 0.25) is 11.7 Å². The Morgan fingerprint density at radius 1 is 0.847 bits per heavy atom. The van der Waals surface area contributed by atoms with Crippen LogP contribution in [0.4, 0.5) is 4.79 Å². The van der Waals surface area contributed by atoms with Crippen LogP contribution < -0.4 is 24.8 Å². The fourth-order valence-corrected chi connectivity index (χ4v) is 5.98. The molecule has 3 rings (SSSR count). The van der Waals surface area contributed by atoms with Gasteiger partial charge in [-0.05, 0) is 79.3 Å². The van der Waals surface area contributed by atoms with Crippen LogP contribution in [0.3, 0.4) is 0 Å². The summed E-state index contributed by atoms with van der Waals surface area (Å²) in [6.45, 7) is 14.0. The van der Waals surface area contributed by atoms with Gasteiger partial charge in [-0.1, -0.05) is 73.1 Å². The van der Waals surface area contributed by atoms with Crippen LogP contribution in [0, 0.1) is 16.2 Å². The Bertz CT molecular complexity index is 1840. The molecule has 1 aromatic heterocycles. The molecular weight excluding hydrogens is 757 g/mol. The van der Waals surface area contributed by atoms with Crippen molar-refractivity contribution in [2.24, 2.45) is 16.2 Å². The zero-order chi connectivity index (χ0) is 43.6. The van der Waals surface area contributed by atoms with Crippen molar-refractivity contribution >= 4 is 29.7 Å². The molecule has 2 aromatic carbocycles. The van der Waals surface area contributed by atoms with E-state index in [9.17, 15) is 24.0 Å². The van der Waals surface area contributed by atoms with Crippen LogP contribution in [0.2, 0.25) is 0 Å². The number of carbonyl (C=O) groups is 5. The van der Waals surface area contributed by atoms with Crippen LogP contribution >= 0.6 is 0 Å². The van der Waals surface area contributed by atoms with Crippen molar-refractivity contribution in [1.82, 2.24) is 20.2 Å². The molecule has 3 aromatic rings. The first-order chi connectivity index (χ1) is 27.9. The number of nitrogens with one attached hydrogen (secondary N) is 2. The number of rotatable bonds is 25. The Labute approximate surface area is 349 Å². The van der Waals surface area contributed by atoms with Gasteiger partial charge >= 0.3 is 12.1 Å². The third-order valence-electron chi connectivity index (χ3n) is 11.3. The first-order valence-corrected chi connectivity index (χ1v) is 20.3. The van der Waals surface area contributed by atoms with Gasteiger partial charge in [-0.2, -0.15) is 0 Å². The smallest absolute Gasteiger partial charge is 0.419 e. The summed E-state index contributed by atoms with van der Waals surface area (Å²) in [6, 6.07) is 13.1. The molecule has 59 heavy (non-hydrogen) atoms. The van der Waals surface area contributed by atoms with E-state index < -0.39 is 40.1 Å². The van der Waals surface area contributed by atoms with Crippen LogP contribution in [-0.4, -0.2) is 79.7 Å². The van der Waals surface area contributed by atoms with E-state index in [2.05, 4.69) is 15.6 Å². The van der Waals surface area contributed by atoms with Crippen molar-refractivity contribution < 1.29 is 47.7 Å². The Morgan fingerprint density at radius 3 is 2.27 bits per heavy atom. The van der Waals surface area contributed by atoms with Gasteiger partial charge < -0.3 is 34.3 Å². The van der Waals surface area contributed by atoms with Crippen LogP contribution in [0.5, 0.6) is 17.2 Å². The van der Waals surface area contributed by atoms with E-state index in [4.69, 9.17) is 23.7 Å². The molecule has 0 saturated carbocycles. The Morgan fingerprint density at radius 2 is 1.59 bits per heavy atom. The number of methoxy groups -OCH3 is 2. The molecule has 0 aliphatic carbocycles. The molecule has 2 N–H and O–H groups in total. The summed E-state index contributed by atoms with van der Waals surface area (Å²) in [4.78, 5) is 67.2. The predicted octanol–water partition coefficient (Wildman–Crippen LogP) is 7.42. The first-order valence-electron chi connectivity index (χ1n) is 20.3. The number of hydrogen-bond donors (Lipinski definition) is 2. The van der Waals surface area contributed by atoms with Gasteiger partial charge in [-0.3, -0.25) is 19.2 Å². The Kier molecular flexibility index (Phi) is 18.4. The van der Waals surface area contributed by atoms with Gasteiger partial charge in [0.05, 0.1) is 27.4 Å². The highest BCUT2D eigenvalue weighted by Crippen LogP contribution is 2.41. The molecule has 0 spiro atoms. The first kappa shape index (κ1) is 48.0. The van der Waals surface area contributed by atoms with Gasteiger partial charge in [0.15, 0.2) is 11.5 Å². The third kappa shape index (κ3) is 14.4. The average Bonchev–Trinajstić information content (AvgIpc) is 3.77. The van der Waals surface area contributed by atoms with E-state index in [1.54, 1.807) is 28.1 Å². The molecule has 0 saturated heterocycles. The normalized spacial score (nSPS) is 12.2. The summed E-state index contributed by atoms with van der Waals surface area (Å²) < 4.78 is 29.6. The summed E-state index contributed by atoms with van der Waals surface area (Å²) in [5, 5.41) is 5.68. The van der Waals surface area contributed by atoms with Crippen LogP contribution in [-0.2, 0) is 35.1 Å². The van der Waals surface area contributed by atoms with E-state index in [0.29, 0.717) is 68.7 Å². The number of nitrogens with zero attached hydrogens (tertiary/aromatic N) is 2. The quantitative estimate of drug-likeness (QED) is 0.0495. The van der Waals surface area contributed by atoms with Crippen molar-refractivity contribution in [3.05, 3.63) is 72.3 Å². The minimum Gasteiger partial charge on any atom is -0.493 e. The number of carbonyl (C=O) groups excluding carboxylic acids is 5. The second-order valence-corrected chi connectivity index (χ2v) is 16.4. The molecule has 0 radical (unpaired) electrons. The number of ketones is 1. The summed E-state index contributed by atoms with van der Waals surface area (Å²) in [6.07, 6.45) is 7.45. The highest BCUT2D eigenvalue weighted by Gasteiger charge is 2.43. The molecular formula is C45H64N4O10. The predicted molar refractivity (Wildman–Crippen MR) is 223 cm³/mol. The maximum absolute atomic E-state index is 13.4. The molecule has 0 bridgehead atoms. The van der Waals surface area contributed by atoms with Crippen molar-refractivity contribution in [2.45, 2.75) is 106 Å². The van der Waals surface area contributed by atoms with Gasteiger partial charge in [-0.25, -0.2) is 14.3 Å². The molecule has 324 valence electrons. The molecule has 0 fully saturated rings. The van der Waals surface area contributed by atoms with E-state index in [-0.39, 0.29) is 38.1 Å². The molecule has 0 aliphatic rings. The van der Waals surface area contributed by atoms with E-state index in [1.807, 2.05) is 77.1 Å². The lowest BCUT2D eigenvalue weighted by atomic mass is 9.65. The molecule has 14 heteroatoms. The van der Waals surface area contributed by atoms with Gasteiger partial charge in [0.25, 0.3) is 5.91 Å². The number of aryl methyl sites for hydroxylation is 1. The Hall–Kier alpha value is -5.40. The highest BCUT2D eigenvalue weighted by molar-refractivity contribution is 6.38. The number of ether oxygens (including phenoxy) is 5. The second-order valence-electron chi connectivity index (χ2n) is 16.4. The van der Waals surface area contributed by atoms with Crippen molar-refractivity contribution in [3.8, 4) is 17.2 Å². The van der Waals surface area contributed by atoms with Crippen LogP contribution in [0.25, 0.3) is 0 Å². The standard InChI is InChI=1S/C45H64N4O10/c1-10-43(2,3)39(51)40(52)47-23-13-11-12-17-38(50)59-35(20-18-32-19-21-36(55-8)37(29-32)56-9)33-15-14-16-34(30-33)57-28-25-48-41(53)45(6,7)44(4,5)22-27-58-42(54)49-26-24-46-31-49/h14-16,19,21,24,26,29-31,35H,10-13,17-18,20,22-23,25,27-28H2,1-9H3,(H,47,52)(H,48,53)/t35-/m1/s1. The largest absolute Gasteiger partial charge is 0.493 e. The van der Waals surface area contributed by atoms with Crippen molar-refractivity contribution in [1.29, 1.82) is 0 Å². The van der Waals surface area contributed by atoms with Gasteiger partial charge in [0, 0.05) is 36.2 Å². The number of hydrogen-bond acceptors (Lipinski definition) is 11.